The second kappa shape index (κ2) is 9.06. The van der Waals surface area contributed by atoms with E-state index in [2.05, 4.69) is 5.32 Å². The number of esters is 1. The number of fused-ring (bicyclic) bond motifs is 1. The normalized spacial score (nSPS) is 16.1. The molecular formula is C28H23F3N2O4. The van der Waals surface area contributed by atoms with Crippen LogP contribution in [0.25, 0.3) is 11.1 Å². The Morgan fingerprint density at radius 1 is 0.946 bits per heavy atom. The number of benzene rings is 3. The highest BCUT2D eigenvalue weighted by atomic mass is 19.4. The molecule has 2 aliphatic rings. The molecule has 2 amide bonds. The van der Waals surface area contributed by atoms with E-state index >= 15 is 0 Å². The third kappa shape index (κ3) is 4.34. The first-order valence-corrected chi connectivity index (χ1v) is 11.7. The maximum Gasteiger partial charge on any atom is 0.416 e. The van der Waals surface area contributed by atoms with Gasteiger partial charge in [0, 0.05) is 23.4 Å². The Balaban J connectivity index is 1.30. The summed E-state index contributed by atoms with van der Waals surface area (Å²) in [6, 6.07) is 16.5. The van der Waals surface area contributed by atoms with Crippen molar-refractivity contribution >= 4 is 23.5 Å². The lowest BCUT2D eigenvalue weighted by Crippen LogP contribution is -2.59. The molecule has 9 heteroatoms. The Labute approximate surface area is 211 Å². The van der Waals surface area contributed by atoms with Gasteiger partial charge in [-0.3, -0.25) is 9.59 Å². The summed E-state index contributed by atoms with van der Waals surface area (Å²) in [5, 5.41) is 2.67. The smallest absolute Gasteiger partial charge is 0.416 e. The molecule has 1 fully saturated rings. The van der Waals surface area contributed by atoms with Crippen LogP contribution in [0.3, 0.4) is 0 Å². The zero-order chi connectivity index (χ0) is 26.4. The molecule has 37 heavy (non-hydrogen) atoms. The lowest BCUT2D eigenvalue weighted by molar-refractivity contribution is -0.159. The van der Waals surface area contributed by atoms with Crippen LogP contribution in [-0.2, 0) is 22.3 Å². The number of rotatable bonds is 5. The highest BCUT2D eigenvalue weighted by Crippen LogP contribution is 2.43. The maximum absolute atomic E-state index is 13.2. The van der Waals surface area contributed by atoms with Gasteiger partial charge in [0.1, 0.15) is 5.54 Å². The minimum absolute atomic E-state index is 0.106. The summed E-state index contributed by atoms with van der Waals surface area (Å²) < 4.78 is 43.2. The summed E-state index contributed by atoms with van der Waals surface area (Å²) in [6.45, 7) is 0.360. The van der Waals surface area contributed by atoms with Crippen LogP contribution in [0.2, 0.25) is 0 Å². The first-order chi connectivity index (χ1) is 17.6. The molecule has 0 unspecified atom stereocenters. The quantitative estimate of drug-likeness (QED) is 0.450. The van der Waals surface area contributed by atoms with Crippen LogP contribution >= 0.6 is 0 Å². The second-order valence-corrected chi connectivity index (χ2v) is 9.25. The van der Waals surface area contributed by atoms with Crippen LogP contribution in [0.5, 0.6) is 0 Å². The lowest BCUT2D eigenvalue weighted by Gasteiger charge is -2.45. The topological polar surface area (TPSA) is 75.7 Å². The molecule has 3 aromatic rings. The number of carbonyl (C=O) groups is 3. The minimum atomic E-state index is -4.47. The molecule has 0 radical (unpaired) electrons. The molecule has 0 bridgehead atoms. The van der Waals surface area contributed by atoms with E-state index in [1.54, 1.807) is 35.2 Å². The van der Waals surface area contributed by atoms with Crippen molar-refractivity contribution in [1.29, 1.82) is 0 Å². The van der Waals surface area contributed by atoms with Crippen LogP contribution in [0, 0.1) is 0 Å². The summed E-state index contributed by atoms with van der Waals surface area (Å²) >= 11 is 0. The molecular weight excluding hydrogens is 485 g/mol. The van der Waals surface area contributed by atoms with Crippen molar-refractivity contribution in [2.75, 3.05) is 12.4 Å². The predicted octanol–water partition coefficient (Wildman–Crippen LogP) is 5.68. The van der Waals surface area contributed by atoms with Gasteiger partial charge in [-0.15, -0.1) is 0 Å². The van der Waals surface area contributed by atoms with E-state index in [1.165, 1.54) is 7.11 Å². The van der Waals surface area contributed by atoms with Crippen molar-refractivity contribution in [2.24, 2.45) is 0 Å². The number of halogens is 3. The van der Waals surface area contributed by atoms with Crippen LogP contribution in [0.15, 0.2) is 66.7 Å². The van der Waals surface area contributed by atoms with Crippen LogP contribution in [-0.4, -0.2) is 35.3 Å². The highest BCUT2D eigenvalue weighted by molar-refractivity contribution is 6.05. The number of hydrogen-bond donors (Lipinski definition) is 1. The van der Waals surface area contributed by atoms with E-state index in [4.69, 9.17) is 4.74 Å². The summed E-state index contributed by atoms with van der Waals surface area (Å²) in [7, 11) is 1.34. The largest absolute Gasteiger partial charge is 0.467 e. The number of alkyl halides is 3. The van der Waals surface area contributed by atoms with Gasteiger partial charge in [-0.05, 0) is 78.4 Å². The zero-order valence-corrected chi connectivity index (χ0v) is 19.9. The van der Waals surface area contributed by atoms with Crippen molar-refractivity contribution in [3.8, 4) is 11.1 Å². The van der Waals surface area contributed by atoms with E-state index in [0.29, 0.717) is 30.6 Å². The molecule has 5 rings (SSSR count). The number of amides is 2. The molecule has 0 atom stereocenters. The summed E-state index contributed by atoms with van der Waals surface area (Å²) in [5.74, 6) is -1.10. The third-order valence-corrected chi connectivity index (χ3v) is 7.13. The number of anilines is 1. The molecule has 6 nitrogen and oxygen atoms in total. The van der Waals surface area contributed by atoms with Gasteiger partial charge in [0.2, 0.25) is 0 Å². The predicted molar refractivity (Wildman–Crippen MR) is 130 cm³/mol. The molecule has 1 aliphatic carbocycles. The first kappa shape index (κ1) is 24.5. The van der Waals surface area contributed by atoms with Crippen LogP contribution in [0.4, 0.5) is 18.9 Å². The monoisotopic (exact) mass is 508 g/mol. The Morgan fingerprint density at radius 3 is 2.16 bits per heavy atom. The molecule has 3 aromatic carbocycles. The summed E-state index contributed by atoms with van der Waals surface area (Å²) in [6.07, 6.45) is -2.43. The van der Waals surface area contributed by atoms with E-state index in [9.17, 15) is 27.6 Å². The fraction of sp³-hybridized carbons (Fsp3) is 0.250. The van der Waals surface area contributed by atoms with Gasteiger partial charge < -0.3 is 15.0 Å². The fourth-order valence-corrected chi connectivity index (χ4v) is 4.87. The van der Waals surface area contributed by atoms with E-state index in [0.717, 1.165) is 47.4 Å². The molecule has 1 aliphatic heterocycles. The first-order valence-electron chi connectivity index (χ1n) is 11.7. The van der Waals surface area contributed by atoms with Gasteiger partial charge >= 0.3 is 12.1 Å². The summed E-state index contributed by atoms with van der Waals surface area (Å²) in [4.78, 5) is 39.7. The Hall–Kier alpha value is -4.14. The molecule has 1 saturated carbocycles. The fourth-order valence-electron chi connectivity index (χ4n) is 4.87. The average molecular weight is 508 g/mol. The van der Waals surface area contributed by atoms with Gasteiger partial charge in [0.05, 0.1) is 12.7 Å². The van der Waals surface area contributed by atoms with Crippen molar-refractivity contribution < 1.29 is 32.3 Å². The Kier molecular flexibility index (Phi) is 6.01. The maximum atomic E-state index is 13.2. The molecule has 0 aromatic heterocycles. The molecule has 1 heterocycles. The van der Waals surface area contributed by atoms with Crippen molar-refractivity contribution in [1.82, 2.24) is 4.90 Å². The molecule has 190 valence electrons. The van der Waals surface area contributed by atoms with Gasteiger partial charge in [-0.1, -0.05) is 24.3 Å². The van der Waals surface area contributed by atoms with Gasteiger partial charge in [0.15, 0.2) is 0 Å². The molecule has 0 saturated heterocycles. The standard InChI is InChI=1S/C28H23F3N2O4/c1-37-26(36)27(13-2-14-27)33-16-20-4-3-19(15-23(20)25(33)35)17-7-11-22(12-8-17)32-24(34)18-5-9-21(10-6-18)28(29,30)31/h3-12,15H,2,13-14,16H2,1H3,(H,32,34). The third-order valence-electron chi connectivity index (χ3n) is 7.13. The average Bonchev–Trinajstić information content (AvgIpc) is 3.19. The zero-order valence-electron chi connectivity index (χ0n) is 19.9. The number of carbonyl (C=O) groups excluding carboxylic acids is 3. The van der Waals surface area contributed by atoms with Crippen molar-refractivity contribution in [3.05, 3.63) is 89.0 Å². The second-order valence-electron chi connectivity index (χ2n) is 9.25. The Morgan fingerprint density at radius 2 is 1.59 bits per heavy atom. The molecule has 1 N–H and O–H groups in total. The molecule has 0 spiro atoms. The van der Waals surface area contributed by atoms with Gasteiger partial charge in [-0.2, -0.15) is 13.2 Å². The Bertz CT molecular complexity index is 1380. The van der Waals surface area contributed by atoms with Crippen molar-refractivity contribution in [3.63, 3.8) is 0 Å². The number of hydrogen-bond acceptors (Lipinski definition) is 4. The van der Waals surface area contributed by atoms with E-state index < -0.39 is 23.2 Å². The van der Waals surface area contributed by atoms with Crippen LogP contribution < -0.4 is 5.32 Å². The summed E-state index contributed by atoms with van der Waals surface area (Å²) in [5.41, 5.74) is 1.88. The minimum Gasteiger partial charge on any atom is -0.467 e. The van der Waals surface area contributed by atoms with Gasteiger partial charge in [-0.25, -0.2) is 4.79 Å². The number of nitrogens with one attached hydrogen (secondary N) is 1. The highest BCUT2D eigenvalue weighted by Gasteiger charge is 2.54. The number of ether oxygens (including phenoxy) is 1. The van der Waals surface area contributed by atoms with E-state index in [-0.39, 0.29) is 17.4 Å². The van der Waals surface area contributed by atoms with E-state index in [1.807, 2.05) is 12.1 Å². The van der Waals surface area contributed by atoms with Crippen LogP contribution in [0.1, 0.15) is 51.1 Å². The lowest BCUT2D eigenvalue weighted by atomic mass is 9.75. The number of methoxy groups -OCH3 is 1. The SMILES string of the molecule is COC(=O)C1(N2Cc3ccc(-c4ccc(NC(=O)c5ccc(C(F)(F)F)cc5)cc4)cc3C2=O)CCC1. The van der Waals surface area contributed by atoms with Crippen molar-refractivity contribution in [2.45, 2.75) is 37.5 Å². The van der Waals surface area contributed by atoms with Gasteiger partial charge in [0.25, 0.3) is 11.8 Å². The number of nitrogens with zero attached hydrogens (tertiary/aromatic N) is 1.